The third kappa shape index (κ3) is 4.01. The van der Waals surface area contributed by atoms with Crippen LogP contribution in [0.2, 0.25) is 0 Å². The average molecular weight is 284 g/mol. The summed E-state index contributed by atoms with van der Waals surface area (Å²) in [6, 6.07) is 0. The molecule has 4 nitrogen and oxygen atoms in total. The van der Waals surface area contributed by atoms with E-state index in [1.807, 2.05) is 13.8 Å². The Morgan fingerprint density at radius 1 is 1.47 bits per heavy atom. The maximum Gasteiger partial charge on any atom is 0.350 e. The maximum atomic E-state index is 12.0. The van der Waals surface area contributed by atoms with Gasteiger partial charge in [-0.2, -0.15) is 0 Å². The van der Waals surface area contributed by atoms with Gasteiger partial charge in [0, 0.05) is 0 Å². The second-order valence-corrected chi connectivity index (χ2v) is 6.38. The number of thiazole rings is 1. The fourth-order valence-electron chi connectivity index (χ4n) is 1.63. The summed E-state index contributed by atoms with van der Waals surface area (Å²) in [7, 11) is 0. The number of rotatable bonds is 6. The first-order valence-electron chi connectivity index (χ1n) is 6.78. The summed E-state index contributed by atoms with van der Waals surface area (Å²) < 4.78 is 5.10. The van der Waals surface area contributed by atoms with E-state index < -0.39 is 5.54 Å². The second kappa shape index (κ2) is 6.48. The van der Waals surface area contributed by atoms with Crippen molar-refractivity contribution in [1.82, 2.24) is 4.98 Å². The molecular weight excluding hydrogens is 260 g/mol. The van der Waals surface area contributed by atoms with Gasteiger partial charge in [0.2, 0.25) is 0 Å². The van der Waals surface area contributed by atoms with Crippen LogP contribution >= 0.6 is 11.3 Å². The molecule has 0 aromatic carbocycles. The molecule has 2 N–H and O–H groups in total. The fourth-order valence-corrected chi connectivity index (χ4v) is 2.74. The minimum atomic E-state index is -0.485. The van der Waals surface area contributed by atoms with Crippen LogP contribution < -0.4 is 5.73 Å². The van der Waals surface area contributed by atoms with Crippen molar-refractivity contribution in [2.75, 3.05) is 6.61 Å². The SMILES string of the molecule is CCOC(=O)c1sc(C(C)(N)CC)nc1CC(C)C. The van der Waals surface area contributed by atoms with Gasteiger partial charge in [-0.25, -0.2) is 9.78 Å². The van der Waals surface area contributed by atoms with E-state index >= 15 is 0 Å². The minimum absolute atomic E-state index is 0.284. The van der Waals surface area contributed by atoms with Gasteiger partial charge >= 0.3 is 5.97 Å². The van der Waals surface area contributed by atoms with Gasteiger partial charge in [0.05, 0.1) is 17.8 Å². The van der Waals surface area contributed by atoms with E-state index in [4.69, 9.17) is 10.5 Å². The van der Waals surface area contributed by atoms with Crippen molar-refractivity contribution in [2.45, 2.75) is 53.0 Å². The smallest absolute Gasteiger partial charge is 0.350 e. The van der Waals surface area contributed by atoms with Gasteiger partial charge in [-0.1, -0.05) is 20.8 Å². The van der Waals surface area contributed by atoms with Gasteiger partial charge in [0.15, 0.2) is 0 Å². The van der Waals surface area contributed by atoms with E-state index in [1.54, 1.807) is 6.92 Å². The van der Waals surface area contributed by atoms with Crippen LogP contribution in [-0.4, -0.2) is 17.6 Å². The van der Waals surface area contributed by atoms with E-state index in [0.717, 1.165) is 23.5 Å². The van der Waals surface area contributed by atoms with E-state index in [-0.39, 0.29) is 5.97 Å². The Bertz CT molecular complexity index is 439. The van der Waals surface area contributed by atoms with Crippen LogP contribution in [0.15, 0.2) is 0 Å². The van der Waals surface area contributed by atoms with Gasteiger partial charge in [-0.15, -0.1) is 11.3 Å². The van der Waals surface area contributed by atoms with Gasteiger partial charge < -0.3 is 10.5 Å². The van der Waals surface area contributed by atoms with Crippen LogP contribution in [0.3, 0.4) is 0 Å². The molecule has 5 heteroatoms. The van der Waals surface area contributed by atoms with Crippen LogP contribution in [-0.2, 0) is 16.7 Å². The summed E-state index contributed by atoms with van der Waals surface area (Å²) in [5.74, 6) is 0.155. The summed E-state index contributed by atoms with van der Waals surface area (Å²) in [5, 5.41) is 0.814. The van der Waals surface area contributed by atoms with Crippen LogP contribution in [0.25, 0.3) is 0 Å². The standard InChI is InChI=1S/C14H24N2O2S/c1-6-14(5,15)13-16-10(8-9(3)4)11(19-13)12(17)18-7-2/h9H,6-8,15H2,1-5H3. The topological polar surface area (TPSA) is 65.2 Å². The van der Waals surface area contributed by atoms with Crippen LogP contribution in [0.4, 0.5) is 0 Å². The molecule has 0 aliphatic carbocycles. The van der Waals surface area contributed by atoms with Gasteiger partial charge in [0.25, 0.3) is 0 Å². The van der Waals surface area contributed by atoms with E-state index in [9.17, 15) is 4.79 Å². The molecule has 0 spiro atoms. The fraction of sp³-hybridized carbons (Fsp3) is 0.714. The quantitative estimate of drug-likeness (QED) is 0.815. The Hall–Kier alpha value is -0.940. The van der Waals surface area contributed by atoms with Crippen LogP contribution in [0, 0.1) is 5.92 Å². The summed E-state index contributed by atoms with van der Waals surface area (Å²) in [5.41, 5.74) is 6.55. The maximum absolute atomic E-state index is 12.0. The molecule has 1 heterocycles. The number of hydrogen-bond donors (Lipinski definition) is 1. The molecule has 0 saturated heterocycles. The third-order valence-corrected chi connectivity index (χ3v) is 4.34. The van der Waals surface area contributed by atoms with Crippen LogP contribution in [0.5, 0.6) is 0 Å². The molecule has 1 rings (SSSR count). The zero-order valence-electron chi connectivity index (χ0n) is 12.4. The Labute approximate surface area is 119 Å². The highest BCUT2D eigenvalue weighted by atomic mass is 32.1. The molecule has 1 aromatic heterocycles. The van der Waals surface area contributed by atoms with E-state index in [1.165, 1.54) is 11.3 Å². The number of esters is 1. The van der Waals surface area contributed by atoms with Gasteiger partial charge in [-0.05, 0) is 32.6 Å². The Kier molecular flexibility index (Phi) is 5.50. The molecular formula is C14H24N2O2S. The zero-order valence-corrected chi connectivity index (χ0v) is 13.3. The van der Waals surface area contributed by atoms with Crippen molar-refractivity contribution in [3.8, 4) is 0 Å². The number of carbonyl (C=O) groups is 1. The molecule has 0 amide bonds. The lowest BCUT2D eigenvalue weighted by molar-refractivity contribution is 0.0530. The first-order chi connectivity index (χ1) is 8.81. The lowest BCUT2D eigenvalue weighted by atomic mass is 10.0. The Morgan fingerprint density at radius 2 is 2.11 bits per heavy atom. The first-order valence-corrected chi connectivity index (χ1v) is 7.59. The molecule has 108 valence electrons. The lowest BCUT2D eigenvalue weighted by Crippen LogP contribution is -2.31. The zero-order chi connectivity index (χ0) is 14.6. The largest absolute Gasteiger partial charge is 0.462 e. The molecule has 0 bridgehead atoms. The number of hydrogen-bond acceptors (Lipinski definition) is 5. The van der Waals surface area contributed by atoms with Gasteiger partial charge in [0.1, 0.15) is 9.88 Å². The summed E-state index contributed by atoms with van der Waals surface area (Å²) in [4.78, 5) is 17.2. The number of aromatic nitrogens is 1. The lowest BCUT2D eigenvalue weighted by Gasteiger charge is -2.18. The summed E-state index contributed by atoms with van der Waals surface area (Å²) in [6.07, 6.45) is 1.55. The molecule has 1 atom stereocenters. The van der Waals surface area contributed by atoms with Gasteiger partial charge in [-0.3, -0.25) is 0 Å². The number of nitrogens with two attached hydrogens (primary N) is 1. The number of carbonyl (C=O) groups excluding carboxylic acids is 1. The number of ether oxygens (including phenoxy) is 1. The highest BCUT2D eigenvalue weighted by molar-refractivity contribution is 7.13. The third-order valence-electron chi connectivity index (χ3n) is 2.98. The Balaban J connectivity index is 3.16. The second-order valence-electron chi connectivity index (χ2n) is 5.38. The predicted octanol–water partition coefficient (Wildman–Crippen LogP) is 3.10. The van der Waals surface area contributed by atoms with Crippen molar-refractivity contribution < 1.29 is 9.53 Å². The molecule has 19 heavy (non-hydrogen) atoms. The predicted molar refractivity (Wildman–Crippen MR) is 78.4 cm³/mol. The molecule has 0 saturated carbocycles. The molecule has 0 radical (unpaired) electrons. The first kappa shape index (κ1) is 16.1. The molecule has 0 fully saturated rings. The Morgan fingerprint density at radius 3 is 2.58 bits per heavy atom. The normalized spacial score (nSPS) is 14.5. The van der Waals surface area contributed by atoms with Crippen molar-refractivity contribution in [3.05, 3.63) is 15.6 Å². The summed E-state index contributed by atoms with van der Waals surface area (Å²) >= 11 is 1.37. The molecule has 0 aliphatic rings. The van der Waals surface area contributed by atoms with Crippen LogP contribution in [0.1, 0.15) is 61.4 Å². The van der Waals surface area contributed by atoms with Crippen molar-refractivity contribution >= 4 is 17.3 Å². The molecule has 1 aromatic rings. The van der Waals surface area contributed by atoms with Crippen molar-refractivity contribution in [1.29, 1.82) is 0 Å². The summed E-state index contributed by atoms with van der Waals surface area (Å²) in [6.45, 7) is 10.4. The van der Waals surface area contributed by atoms with E-state index in [2.05, 4.69) is 18.8 Å². The number of nitrogens with zero attached hydrogens (tertiary/aromatic N) is 1. The minimum Gasteiger partial charge on any atom is -0.462 e. The monoisotopic (exact) mass is 284 g/mol. The highest BCUT2D eigenvalue weighted by Gasteiger charge is 2.28. The van der Waals surface area contributed by atoms with Crippen molar-refractivity contribution in [2.24, 2.45) is 11.7 Å². The molecule has 0 aliphatic heterocycles. The highest BCUT2D eigenvalue weighted by Crippen LogP contribution is 2.30. The average Bonchev–Trinajstić information content (AvgIpc) is 2.73. The van der Waals surface area contributed by atoms with E-state index in [0.29, 0.717) is 17.4 Å². The van der Waals surface area contributed by atoms with Crippen molar-refractivity contribution in [3.63, 3.8) is 0 Å². The molecule has 1 unspecified atom stereocenters.